The molecule has 1 aromatic rings. The van der Waals surface area contributed by atoms with Crippen LogP contribution >= 0.6 is 15.9 Å². The molecule has 0 radical (unpaired) electrons. The molecule has 7 heteroatoms. The summed E-state index contributed by atoms with van der Waals surface area (Å²) in [6.45, 7) is 3.56. The summed E-state index contributed by atoms with van der Waals surface area (Å²) >= 11 is 3.49. The Hall–Kier alpha value is -1.47. The summed E-state index contributed by atoms with van der Waals surface area (Å²) in [4.78, 5) is 4.19. The fourth-order valence-corrected chi connectivity index (χ4v) is 2.63. The minimum atomic E-state index is 0.185. The lowest BCUT2D eigenvalue weighted by Crippen LogP contribution is -2.43. The number of nitrogens with zero attached hydrogens (tertiary/aromatic N) is 1. The summed E-state index contributed by atoms with van der Waals surface area (Å²) in [7, 11) is 3.42. The maximum absolute atomic E-state index is 5.41. The number of nitrogens with one attached hydrogen (secondary N) is 2. The highest BCUT2D eigenvalue weighted by atomic mass is 79.9. The van der Waals surface area contributed by atoms with Gasteiger partial charge in [0.05, 0.1) is 11.1 Å². The van der Waals surface area contributed by atoms with Crippen LogP contribution in [0.25, 0.3) is 0 Å². The first-order valence-corrected chi connectivity index (χ1v) is 7.47. The van der Waals surface area contributed by atoms with Gasteiger partial charge in [-0.2, -0.15) is 0 Å². The smallest absolute Gasteiger partial charge is 0.231 e. The lowest BCUT2D eigenvalue weighted by Gasteiger charge is -2.17. The summed E-state index contributed by atoms with van der Waals surface area (Å²) in [6.07, 6.45) is 0. The quantitative estimate of drug-likeness (QED) is 0.622. The molecule has 1 atom stereocenters. The fraction of sp³-hybridized carbons (Fsp3) is 0.500. The molecule has 0 fully saturated rings. The molecule has 0 aliphatic carbocycles. The highest BCUT2D eigenvalue weighted by Crippen LogP contribution is 2.39. The van der Waals surface area contributed by atoms with Crippen molar-refractivity contribution >= 4 is 21.9 Å². The highest BCUT2D eigenvalue weighted by molar-refractivity contribution is 9.10. The van der Waals surface area contributed by atoms with Crippen molar-refractivity contribution in [3.05, 3.63) is 22.2 Å². The van der Waals surface area contributed by atoms with Crippen LogP contribution in [-0.4, -0.2) is 39.6 Å². The molecular weight excluding hydrogens is 338 g/mol. The standard InChI is InChI=1S/C14H20BrN3O3/c1-9(7-19-3)18-14(16-2)17-6-10-4-11(15)13-12(5-10)20-8-21-13/h4-5,9H,6-8H2,1-3H3,(H2,16,17,18). The minimum Gasteiger partial charge on any atom is -0.454 e. The lowest BCUT2D eigenvalue weighted by atomic mass is 10.2. The molecule has 0 aromatic heterocycles. The molecule has 116 valence electrons. The van der Waals surface area contributed by atoms with Gasteiger partial charge in [-0.25, -0.2) is 0 Å². The molecule has 0 spiro atoms. The van der Waals surface area contributed by atoms with Crippen LogP contribution in [0.15, 0.2) is 21.6 Å². The first kappa shape index (κ1) is 15.9. The summed E-state index contributed by atoms with van der Waals surface area (Å²) in [6, 6.07) is 4.16. The zero-order valence-electron chi connectivity index (χ0n) is 12.4. The van der Waals surface area contributed by atoms with Crippen LogP contribution in [0.1, 0.15) is 12.5 Å². The number of hydrogen-bond donors (Lipinski definition) is 2. The molecule has 1 unspecified atom stereocenters. The van der Waals surface area contributed by atoms with E-state index in [9.17, 15) is 0 Å². The van der Waals surface area contributed by atoms with E-state index in [1.54, 1.807) is 14.2 Å². The maximum Gasteiger partial charge on any atom is 0.231 e. The van der Waals surface area contributed by atoms with E-state index in [2.05, 4.69) is 31.6 Å². The second-order valence-corrected chi connectivity index (χ2v) is 5.59. The van der Waals surface area contributed by atoms with Crippen molar-refractivity contribution in [1.82, 2.24) is 10.6 Å². The number of benzene rings is 1. The number of methoxy groups -OCH3 is 1. The predicted octanol–water partition coefficient (Wildman–Crippen LogP) is 1.88. The van der Waals surface area contributed by atoms with Crippen molar-refractivity contribution in [2.24, 2.45) is 4.99 Å². The van der Waals surface area contributed by atoms with Crippen LogP contribution in [-0.2, 0) is 11.3 Å². The van der Waals surface area contributed by atoms with Gasteiger partial charge in [-0.15, -0.1) is 0 Å². The third-order valence-electron chi connectivity index (χ3n) is 2.97. The molecule has 6 nitrogen and oxygen atoms in total. The molecule has 1 heterocycles. The molecule has 0 saturated heterocycles. The second kappa shape index (κ2) is 7.51. The monoisotopic (exact) mass is 357 g/mol. The Bertz CT molecular complexity index is 522. The first-order valence-electron chi connectivity index (χ1n) is 6.68. The summed E-state index contributed by atoms with van der Waals surface area (Å²) in [5.74, 6) is 2.25. The Balaban J connectivity index is 1.94. The van der Waals surface area contributed by atoms with E-state index < -0.39 is 0 Å². The van der Waals surface area contributed by atoms with E-state index in [0.717, 1.165) is 27.5 Å². The Labute approximate surface area is 133 Å². The van der Waals surface area contributed by atoms with Crippen LogP contribution in [0.2, 0.25) is 0 Å². The highest BCUT2D eigenvalue weighted by Gasteiger charge is 2.18. The molecule has 1 aromatic carbocycles. The average molecular weight is 358 g/mol. The van der Waals surface area contributed by atoms with Crippen molar-refractivity contribution in [2.75, 3.05) is 27.6 Å². The number of halogens is 1. The minimum absolute atomic E-state index is 0.185. The largest absolute Gasteiger partial charge is 0.454 e. The van der Waals surface area contributed by atoms with Crippen molar-refractivity contribution in [2.45, 2.75) is 19.5 Å². The van der Waals surface area contributed by atoms with Crippen molar-refractivity contribution in [3.8, 4) is 11.5 Å². The second-order valence-electron chi connectivity index (χ2n) is 4.74. The SMILES string of the molecule is CN=C(NCc1cc(Br)c2c(c1)OCO2)NC(C)COC. The first-order chi connectivity index (χ1) is 10.1. The van der Waals surface area contributed by atoms with Gasteiger partial charge in [-0.1, -0.05) is 0 Å². The number of ether oxygens (including phenoxy) is 3. The topological polar surface area (TPSA) is 64.1 Å². The molecule has 2 rings (SSSR count). The van der Waals surface area contributed by atoms with E-state index in [0.29, 0.717) is 13.2 Å². The van der Waals surface area contributed by atoms with Gasteiger partial charge in [-0.05, 0) is 40.5 Å². The summed E-state index contributed by atoms with van der Waals surface area (Å²) in [5.41, 5.74) is 1.08. The van der Waals surface area contributed by atoms with Crippen molar-refractivity contribution in [3.63, 3.8) is 0 Å². The van der Waals surface area contributed by atoms with Gasteiger partial charge in [0, 0.05) is 26.7 Å². The number of rotatable bonds is 5. The Morgan fingerprint density at radius 3 is 3.00 bits per heavy atom. The van der Waals surface area contributed by atoms with Gasteiger partial charge >= 0.3 is 0 Å². The van der Waals surface area contributed by atoms with Gasteiger partial charge in [0.15, 0.2) is 17.5 Å². The number of hydrogen-bond acceptors (Lipinski definition) is 4. The normalized spacial score (nSPS) is 15.0. The molecule has 0 saturated carbocycles. The van der Waals surface area contributed by atoms with E-state index in [4.69, 9.17) is 14.2 Å². The van der Waals surface area contributed by atoms with Crippen molar-refractivity contribution < 1.29 is 14.2 Å². The zero-order valence-corrected chi connectivity index (χ0v) is 14.0. The number of aliphatic imine (C=N–C) groups is 1. The van der Waals surface area contributed by atoms with Gasteiger partial charge in [0.25, 0.3) is 0 Å². The van der Waals surface area contributed by atoms with E-state index in [-0.39, 0.29) is 12.8 Å². The number of guanidine groups is 1. The predicted molar refractivity (Wildman–Crippen MR) is 84.9 cm³/mol. The summed E-state index contributed by atoms with van der Waals surface area (Å²) in [5, 5.41) is 6.51. The van der Waals surface area contributed by atoms with Gasteiger partial charge in [0.1, 0.15) is 0 Å². The van der Waals surface area contributed by atoms with Gasteiger partial charge < -0.3 is 24.8 Å². The molecule has 21 heavy (non-hydrogen) atoms. The Morgan fingerprint density at radius 2 is 2.29 bits per heavy atom. The zero-order chi connectivity index (χ0) is 15.2. The third kappa shape index (κ3) is 4.25. The Morgan fingerprint density at radius 1 is 1.48 bits per heavy atom. The molecule has 0 bridgehead atoms. The molecule has 0 amide bonds. The average Bonchev–Trinajstić information content (AvgIpc) is 2.92. The van der Waals surface area contributed by atoms with Crippen LogP contribution < -0.4 is 20.1 Å². The van der Waals surface area contributed by atoms with Gasteiger partial charge in [-0.3, -0.25) is 4.99 Å². The molecule has 1 aliphatic heterocycles. The van der Waals surface area contributed by atoms with E-state index in [1.807, 2.05) is 19.1 Å². The van der Waals surface area contributed by atoms with E-state index >= 15 is 0 Å². The van der Waals surface area contributed by atoms with Crippen LogP contribution in [0, 0.1) is 0 Å². The molecule has 2 N–H and O–H groups in total. The van der Waals surface area contributed by atoms with Crippen LogP contribution in [0.3, 0.4) is 0 Å². The van der Waals surface area contributed by atoms with E-state index in [1.165, 1.54) is 0 Å². The molecule has 1 aliphatic rings. The maximum atomic E-state index is 5.41. The summed E-state index contributed by atoms with van der Waals surface area (Å²) < 4.78 is 16.8. The van der Waals surface area contributed by atoms with Crippen LogP contribution in [0.5, 0.6) is 11.5 Å². The van der Waals surface area contributed by atoms with Crippen LogP contribution in [0.4, 0.5) is 0 Å². The number of fused-ring (bicyclic) bond motifs is 1. The van der Waals surface area contributed by atoms with Crippen molar-refractivity contribution in [1.29, 1.82) is 0 Å². The molecular formula is C14H20BrN3O3. The van der Waals surface area contributed by atoms with Gasteiger partial charge in [0.2, 0.25) is 6.79 Å². The lowest BCUT2D eigenvalue weighted by molar-refractivity contribution is 0.173. The fourth-order valence-electron chi connectivity index (χ4n) is 2.03. The third-order valence-corrected chi connectivity index (χ3v) is 3.56. The Kier molecular flexibility index (Phi) is 5.69.